The number of rotatable bonds is 5. The van der Waals surface area contributed by atoms with E-state index in [0.29, 0.717) is 11.5 Å². The van der Waals surface area contributed by atoms with Gasteiger partial charge in [-0.3, -0.25) is 9.80 Å². The average molecular weight is 281 g/mol. The Bertz CT molecular complexity index is 299. The number of likely N-dealkylation sites (N-methyl/N-ethyl adjacent to an activating group) is 2. The number of likely N-dealkylation sites (tertiary alicyclic amines) is 1. The normalized spacial score (nSPS) is 34.8. The van der Waals surface area contributed by atoms with Crippen molar-refractivity contribution in [2.75, 3.05) is 33.2 Å². The molecule has 0 aromatic rings. The Morgan fingerprint density at radius 2 is 1.90 bits per heavy atom. The summed E-state index contributed by atoms with van der Waals surface area (Å²) in [6, 6.07) is 2.17. The third kappa shape index (κ3) is 3.20. The number of hydrogen-bond acceptors (Lipinski definition) is 3. The molecule has 3 heteroatoms. The minimum absolute atomic E-state index is 0.435. The topological polar surface area (TPSA) is 18.5 Å². The molecule has 1 aliphatic carbocycles. The molecule has 3 unspecified atom stereocenters. The van der Waals surface area contributed by atoms with E-state index < -0.39 is 0 Å². The molecular formula is C17H35N3. The van der Waals surface area contributed by atoms with Gasteiger partial charge in [0.2, 0.25) is 0 Å². The van der Waals surface area contributed by atoms with Crippen molar-refractivity contribution >= 4 is 0 Å². The summed E-state index contributed by atoms with van der Waals surface area (Å²) >= 11 is 0. The van der Waals surface area contributed by atoms with Gasteiger partial charge in [0, 0.05) is 31.2 Å². The molecule has 2 rings (SSSR count). The summed E-state index contributed by atoms with van der Waals surface area (Å²) < 4.78 is 0. The van der Waals surface area contributed by atoms with Crippen LogP contribution in [0.25, 0.3) is 0 Å². The highest BCUT2D eigenvalue weighted by molar-refractivity contribution is 5.00. The van der Waals surface area contributed by atoms with Crippen LogP contribution in [0.4, 0.5) is 0 Å². The summed E-state index contributed by atoms with van der Waals surface area (Å²) in [6.07, 6.45) is 5.49. The fourth-order valence-electron chi connectivity index (χ4n) is 4.69. The van der Waals surface area contributed by atoms with Gasteiger partial charge >= 0.3 is 0 Å². The predicted molar refractivity (Wildman–Crippen MR) is 87.2 cm³/mol. The van der Waals surface area contributed by atoms with Crippen LogP contribution in [0.3, 0.4) is 0 Å². The highest BCUT2D eigenvalue weighted by Gasteiger charge is 2.42. The van der Waals surface area contributed by atoms with E-state index in [0.717, 1.165) is 12.1 Å². The highest BCUT2D eigenvalue weighted by Crippen LogP contribution is 2.38. The second kappa shape index (κ2) is 6.76. The van der Waals surface area contributed by atoms with E-state index in [2.05, 4.69) is 49.9 Å². The van der Waals surface area contributed by atoms with E-state index in [-0.39, 0.29) is 0 Å². The molecule has 3 nitrogen and oxygen atoms in total. The van der Waals surface area contributed by atoms with E-state index in [4.69, 9.17) is 0 Å². The maximum atomic E-state index is 3.64. The van der Waals surface area contributed by atoms with Gasteiger partial charge in [0.1, 0.15) is 0 Å². The number of nitrogens with one attached hydrogen (secondary N) is 1. The van der Waals surface area contributed by atoms with Crippen LogP contribution in [0.1, 0.15) is 53.4 Å². The largest absolute Gasteiger partial charge is 0.315 e. The van der Waals surface area contributed by atoms with E-state index in [1.54, 1.807) is 0 Å². The third-order valence-electron chi connectivity index (χ3n) is 5.85. The van der Waals surface area contributed by atoms with Crippen LogP contribution in [0.15, 0.2) is 0 Å². The molecule has 0 bridgehead atoms. The predicted octanol–water partition coefficient (Wildman–Crippen LogP) is 2.57. The molecule has 0 radical (unpaired) electrons. The Hall–Kier alpha value is -0.120. The summed E-state index contributed by atoms with van der Waals surface area (Å²) in [7, 11) is 2.16. The molecule has 1 saturated heterocycles. The lowest BCUT2D eigenvalue weighted by Gasteiger charge is -2.47. The van der Waals surface area contributed by atoms with Crippen molar-refractivity contribution in [1.82, 2.24) is 15.1 Å². The molecule has 0 spiro atoms. The van der Waals surface area contributed by atoms with Crippen molar-refractivity contribution in [3.05, 3.63) is 0 Å². The van der Waals surface area contributed by atoms with Gasteiger partial charge in [0.15, 0.2) is 0 Å². The van der Waals surface area contributed by atoms with E-state index in [9.17, 15) is 0 Å². The van der Waals surface area contributed by atoms with Crippen molar-refractivity contribution in [1.29, 1.82) is 0 Å². The Morgan fingerprint density at radius 1 is 1.20 bits per heavy atom. The fourth-order valence-corrected chi connectivity index (χ4v) is 4.69. The summed E-state index contributed by atoms with van der Waals surface area (Å²) in [5.74, 6) is 0. The Morgan fingerprint density at radius 3 is 2.50 bits per heavy atom. The SMILES string of the molecule is CCN(CC)C1CCN(C2CCCC(C)(C)C2NC)C1. The lowest BCUT2D eigenvalue weighted by atomic mass is 9.70. The summed E-state index contributed by atoms with van der Waals surface area (Å²) in [4.78, 5) is 5.42. The minimum Gasteiger partial charge on any atom is -0.315 e. The number of nitrogens with zero attached hydrogens (tertiary/aromatic N) is 2. The van der Waals surface area contributed by atoms with Crippen LogP contribution in [0.5, 0.6) is 0 Å². The van der Waals surface area contributed by atoms with Crippen LogP contribution in [-0.2, 0) is 0 Å². The first-order valence-electron chi connectivity index (χ1n) is 8.68. The van der Waals surface area contributed by atoms with Crippen LogP contribution < -0.4 is 5.32 Å². The fraction of sp³-hybridized carbons (Fsp3) is 1.00. The quantitative estimate of drug-likeness (QED) is 0.835. The Kier molecular flexibility index (Phi) is 5.49. The van der Waals surface area contributed by atoms with Gasteiger partial charge in [-0.2, -0.15) is 0 Å². The molecule has 2 aliphatic rings. The molecule has 118 valence electrons. The van der Waals surface area contributed by atoms with E-state index >= 15 is 0 Å². The van der Waals surface area contributed by atoms with Crippen LogP contribution >= 0.6 is 0 Å². The summed E-state index contributed by atoms with van der Waals surface area (Å²) in [5, 5.41) is 3.64. The van der Waals surface area contributed by atoms with Crippen molar-refractivity contribution in [2.24, 2.45) is 5.41 Å². The molecule has 2 fully saturated rings. The molecule has 0 amide bonds. The van der Waals surface area contributed by atoms with Gasteiger partial charge in [-0.1, -0.05) is 34.1 Å². The maximum Gasteiger partial charge on any atom is 0.0271 e. The molecule has 0 aromatic heterocycles. The smallest absolute Gasteiger partial charge is 0.0271 e. The molecule has 1 N–H and O–H groups in total. The Balaban J connectivity index is 2.01. The third-order valence-corrected chi connectivity index (χ3v) is 5.85. The zero-order valence-electron chi connectivity index (χ0n) is 14.3. The first kappa shape index (κ1) is 16.3. The molecule has 1 saturated carbocycles. The lowest BCUT2D eigenvalue weighted by Crippen LogP contribution is -2.57. The van der Waals surface area contributed by atoms with Crippen LogP contribution in [0.2, 0.25) is 0 Å². The summed E-state index contributed by atoms with van der Waals surface area (Å²) in [5.41, 5.74) is 0.435. The molecule has 0 aromatic carbocycles. The van der Waals surface area contributed by atoms with Gasteiger partial charge in [0.25, 0.3) is 0 Å². The number of hydrogen-bond donors (Lipinski definition) is 1. The van der Waals surface area contributed by atoms with Crippen LogP contribution in [-0.4, -0.2) is 61.2 Å². The standard InChI is InChI=1S/C17H35N3/c1-6-19(7-2)14-10-12-20(13-14)15-9-8-11-17(3,4)16(15)18-5/h14-16,18H,6-13H2,1-5H3. The minimum atomic E-state index is 0.435. The van der Waals surface area contributed by atoms with E-state index in [1.807, 2.05) is 0 Å². The second-order valence-electron chi connectivity index (χ2n) is 7.37. The average Bonchev–Trinajstić information content (AvgIpc) is 2.88. The first-order chi connectivity index (χ1) is 9.53. The Labute approximate surface area is 126 Å². The van der Waals surface area contributed by atoms with Crippen molar-refractivity contribution in [3.8, 4) is 0 Å². The van der Waals surface area contributed by atoms with Gasteiger partial charge in [-0.05, 0) is 44.8 Å². The first-order valence-corrected chi connectivity index (χ1v) is 8.68. The van der Waals surface area contributed by atoms with Crippen molar-refractivity contribution in [2.45, 2.75) is 71.5 Å². The second-order valence-corrected chi connectivity index (χ2v) is 7.37. The molecule has 3 atom stereocenters. The zero-order valence-corrected chi connectivity index (χ0v) is 14.3. The molecular weight excluding hydrogens is 246 g/mol. The summed E-state index contributed by atoms with van der Waals surface area (Å²) in [6.45, 7) is 14.4. The van der Waals surface area contributed by atoms with Gasteiger partial charge in [-0.15, -0.1) is 0 Å². The van der Waals surface area contributed by atoms with E-state index in [1.165, 1.54) is 51.9 Å². The van der Waals surface area contributed by atoms with Crippen molar-refractivity contribution in [3.63, 3.8) is 0 Å². The monoisotopic (exact) mass is 281 g/mol. The molecule has 1 aliphatic heterocycles. The highest BCUT2D eigenvalue weighted by atomic mass is 15.3. The lowest BCUT2D eigenvalue weighted by molar-refractivity contribution is 0.0609. The van der Waals surface area contributed by atoms with Gasteiger partial charge in [-0.25, -0.2) is 0 Å². The molecule has 20 heavy (non-hydrogen) atoms. The maximum absolute atomic E-state index is 3.64. The zero-order chi connectivity index (χ0) is 14.8. The van der Waals surface area contributed by atoms with Gasteiger partial charge in [0.05, 0.1) is 0 Å². The molecule has 1 heterocycles. The van der Waals surface area contributed by atoms with Gasteiger partial charge < -0.3 is 5.32 Å². The van der Waals surface area contributed by atoms with Crippen molar-refractivity contribution < 1.29 is 0 Å². The van der Waals surface area contributed by atoms with Crippen LogP contribution in [0, 0.1) is 5.41 Å².